The lowest BCUT2D eigenvalue weighted by Crippen LogP contribution is -2.41. The van der Waals surface area contributed by atoms with E-state index in [0.29, 0.717) is 12.3 Å². The normalized spacial score (nSPS) is 27.6. The summed E-state index contributed by atoms with van der Waals surface area (Å²) in [5.74, 6) is 0.322. The molecule has 158 valence electrons. The zero-order valence-corrected chi connectivity index (χ0v) is 16.8. The predicted molar refractivity (Wildman–Crippen MR) is 105 cm³/mol. The zero-order valence-electron chi connectivity index (χ0n) is 16.8. The Balaban J connectivity index is 2.24. The van der Waals surface area contributed by atoms with Crippen LogP contribution in [0.15, 0.2) is 21.9 Å². The second-order valence-electron chi connectivity index (χ2n) is 7.79. The minimum absolute atomic E-state index is 0.267. The summed E-state index contributed by atoms with van der Waals surface area (Å²) in [5.41, 5.74) is 4.99. The van der Waals surface area contributed by atoms with Crippen LogP contribution in [0.25, 0.3) is 6.08 Å². The highest BCUT2D eigenvalue weighted by atomic mass is 16.6. The highest BCUT2D eigenvalue weighted by Gasteiger charge is 2.45. The van der Waals surface area contributed by atoms with Crippen LogP contribution in [0.1, 0.15) is 45.4 Å². The average molecular weight is 397 g/mol. The summed E-state index contributed by atoms with van der Waals surface area (Å²) in [5, 5.41) is 19.5. The van der Waals surface area contributed by atoms with Gasteiger partial charge in [-0.3, -0.25) is 14.3 Å². The Morgan fingerprint density at radius 1 is 1.46 bits per heavy atom. The molecule has 0 radical (unpaired) electrons. The number of allylic oxidation sites excluding steroid dienone is 1. The van der Waals surface area contributed by atoms with Crippen molar-refractivity contribution in [3.63, 3.8) is 0 Å². The van der Waals surface area contributed by atoms with Crippen molar-refractivity contribution in [2.45, 2.75) is 63.7 Å². The van der Waals surface area contributed by atoms with E-state index in [1.54, 1.807) is 6.08 Å². The Kier molecular flexibility index (Phi) is 7.35. The van der Waals surface area contributed by atoms with Crippen LogP contribution in [-0.2, 0) is 9.47 Å². The van der Waals surface area contributed by atoms with Gasteiger partial charge in [0.2, 0.25) is 0 Å². The van der Waals surface area contributed by atoms with Gasteiger partial charge in [-0.15, -0.1) is 0 Å². The largest absolute Gasteiger partial charge is 0.394 e. The maximum atomic E-state index is 12.3. The molecule has 1 aliphatic heterocycles. The van der Waals surface area contributed by atoms with E-state index in [-0.39, 0.29) is 11.1 Å². The van der Waals surface area contributed by atoms with Crippen LogP contribution in [0, 0.1) is 5.92 Å². The second kappa shape index (κ2) is 9.15. The SMILES string of the molecule is CO[C@@H]1[C@H](O)[C@@H](CO)O[C@H]1n1cc(C=CCCC(C)(N)C(C)C)c(=O)[nH]c1=O. The number of ether oxygens (including phenoxy) is 2. The summed E-state index contributed by atoms with van der Waals surface area (Å²) >= 11 is 0. The maximum absolute atomic E-state index is 12.3. The molecule has 2 heterocycles. The van der Waals surface area contributed by atoms with E-state index >= 15 is 0 Å². The molecular formula is C19H31N3O6. The van der Waals surface area contributed by atoms with Gasteiger partial charge in [-0.2, -0.15) is 0 Å². The number of aliphatic hydroxyl groups is 2. The summed E-state index contributed by atoms with van der Waals surface area (Å²) < 4.78 is 12.0. The highest BCUT2D eigenvalue weighted by Crippen LogP contribution is 2.30. The van der Waals surface area contributed by atoms with E-state index in [4.69, 9.17) is 15.2 Å². The van der Waals surface area contributed by atoms with Crippen LogP contribution >= 0.6 is 0 Å². The maximum Gasteiger partial charge on any atom is 0.330 e. The fraction of sp³-hybridized carbons (Fsp3) is 0.684. The Morgan fingerprint density at radius 3 is 2.71 bits per heavy atom. The van der Waals surface area contributed by atoms with Crippen LogP contribution in [0.2, 0.25) is 0 Å². The number of aromatic nitrogens is 2. The number of hydrogen-bond donors (Lipinski definition) is 4. The van der Waals surface area contributed by atoms with Crippen molar-refractivity contribution in [3.05, 3.63) is 38.7 Å². The van der Waals surface area contributed by atoms with E-state index < -0.39 is 42.4 Å². The first-order valence-electron chi connectivity index (χ1n) is 9.40. The molecule has 0 aromatic carbocycles. The number of H-pyrrole nitrogens is 1. The molecule has 0 spiro atoms. The molecule has 1 unspecified atom stereocenters. The molecule has 5 atom stereocenters. The summed E-state index contributed by atoms with van der Waals surface area (Å²) in [4.78, 5) is 26.7. The Morgan fingerprint density at radius 2 is 2.14 bits per heavy atom. The molecule has 2 rings (SSSR count). The molecule has 0 bridgehead atoms. The molecule has 0 aliphatic carbocycles. The summed E-state index contributed by atoms with van der Waals surface area (Å²) in [7, 11) is 1.38. The summed E-state index contributed by atoms with van der Waals surface area (Å²) in [6.45, 7) is 5.69. The van der Waals surface area contributed by atoms with Gasteiger partial charge >= 0.3 is 5.69 Å². The molecule has 0 amide bonds. The standard InChI is InChI=1S/C19H31N3O6/c1-11(2)19(3,20)8-6-5-7-12-9-22(18(26)21-16(12)25)17-15(27-4)14(24)13(10-23)28-17/h5,7,9,11,13-15,17,23-24H,6,8,10,20H2,1-4H3,(H,21,25,26)/t13-,14-,15-,17-,19?/m1/s1. The molecule has 1 fully saturated rings. The van der Waals surface area contributed by atoms with Gasteiger partial charge in [0.1, 0.15) is 18.3 Å². The first-order valence-corrected chi connectivity index (χ1v) is 9.40. The first-order chi connectivity index (χ1) is 13.1. The lowest BCUT2D eigenvalue weighted by atomic mass is 9.85. The Hall–Kier alpha value is -1.78. The van der Waals surface area contributed by atoms with Crippen LogP contribution < -0.4 is 17.0 Å². The summed E-state index contributed by atoms with van der Waals surface area (Å²) in [6.07, 6.45) is 2.44. The second-order valence-corrected chi connectivity index (χ2v) is 7.79. The number of hydrogen-bond acceptors (Lipinski definition) is 7. The van der Waals surface area contributed by atoms with Crippen LogP contribution in [-0.4, -0.2) is 57.3 Å². The quantitative estimate of drug-likeness (QED) is 0.483. The Labute approximate surface area is 163 Å². The van der Waals surface area contributed by atoms with Crippen LogP contribution in [0.4, 0.5) is 0 Å². The number of aromatic amines is 1. The van der Waals surface area contributed by atoms with E-state index in [0.717, 1.165) is 11.0 Å². The summed E-state index contributed by atoms with van der Waals surface area (Å²) in [6, 6.07) is 0. The number of nitrogens with zero attached hydrogens (tertiary/aromatic N) is 1. The van der Waals surface area contributed by atoms with Crippen molar-refractivity contribution >= 4 is 6.08 Å². The molecular weight excluding hydrogens is 366 g/mol. The molecule has 0 saturated carbocycles. The van der Waals surface area contributed by atoms with E-state index in [1.165, 1.54) is 13.3 Å². The minimum atomic E-state index is -1.10. The van der Waals surface area contributed by atoms with Crippen molar-refractivity contribution in [2.24, 2.45) is 11.7 Å². The van der Waals surface area contributed by atoms with Crippen molar-refractivity contribution < 1.29 is 19.7 Å². The lowest BCUT2D eigenvalue weighted by Gasteiger charge is -2.28. The molecule has 9 nitrogen and oxygen atoms in total. The third kappa shape index (κ3) is 4.79. The molecule has 1 saturated heterocycles. The number of methoxy groups -OCH3 is 1. The van der Waals surface area contributed by atoms with E-state index in [2.05, 4.69) is 18.8 Å². The predicted octanol–water partition coefficient (Wildman–Crippen LogP) is -0.0310. The lowest BCUT2D eigenvalue weighted by molar-refractivity contribution is -0.0625. The third-order valence-electron chi connectivity index (χ3n) is 5.50. The van der Waals surface area contributed by atoms with Gasteiger partial charge in [-0.1, -0.05) is 26.0 Å². The van der Waals surface area contributed by atoms with Gasteiger partial charge in [0.25, 0.3) is 5.56 Å². The number of aliphatic hydroxyl groups excluding tert-OH is 2. The number of nitrogens with one attached hydrogen (secondary N) is 1. The smallest absolute Gasteiger partial charge is 0.330 e. The Bertz CT molecular complexity index is 798. The van der Waals surface area contributed by atoms with Crippen LogP contribution in [0.5, 0.6) is 0 Å². The van der Waals surface area contributed by atoms with Gasteiger partial charge in [-0.05, 0) is 25.7 Å². The zero-order chi connectivity index (χ0) is 21.1. The topological polar surface area (TPSA) is 140 Å². The van der Waals surface area contributed by atoms with Gasteiger partial charge in [0.05, 0.1) is 12.2 Å². The van der Waals surface area contributed by atoms with Crippen molar-refractivity contribution in [3.8, 4) is 0 Å². The number of nitrogens with two attached hydrogens (primary N) is 1. The fourth-order valence-corrected chi connectivity index (χ4v) is 3.05. The van der Waals surface area contributed by atoms with E-state index in [1.807, 2.05) is 13.0 Å². The third-order valence-corrected chi connectivity index (χ3v) is 5.50. The van der Waals surface area contributed by atoms with Gasteiger partial charge in [-0.25, -0.2) is 4.79 Å². The first kappa shape index (κ1) is 22.5. The van der Waals surface area contributed by atoms with Crippen molar-refractivity contribution in [2.75, 3.05) is 13.7 Å². The molecule has 1 aromatic heterocycles. The van der Waals surface area contributed by atoms with Crippen molar-refractivity contribution in [1.29, 1.82) is 0 Å². The highest BCUT2D eigenvalue weighted by molar-refractivity contribution is 5.46. The molecule has 28 heavy (non-hydrogen) atoms. The van der Waals surface area contributed by atoms with Gasteiger partial charge in [0, 0.05) is 18.8 Å². The molecule has 1 aromatic rings. The molecule has 5 N–H and O–H groups in total. The van der Waals surface area contributed by atoms with Crippen molar-refractivity contribution in [1.82, 2.24) is 9.55 Å². The molecule has 1 aliphatic rings. The van der Waals surface area contributed by atoms with Gasteiger partial charge < -0.3 is 25.4 Å². The van der Waals surface area contributed by atoms with E-state index in [9.17, 15) is 19.8 Å². The monoisotopic (exact) mass is 397 g/mol. The minimum Gasteiger partial charge on any atom is -0.394 e. The van der Waals surface area contributed by atoms with Gasteiger partial charge in [0.15, 0.2) is 6.23 Å². The average Bonchev–Trinajstić information content (AvgIpc) is 2.95. The fourth-order valence-electron chi connectivity index (χ4n) is 3.05. The number of rotatable bonds is 8. The molecule has 9 heteroatoms. The van der Waals surface area contributed by atoms with Crippen LogP contribution in [0.3, 0.4) is 0 Å².